The Bertz CT molecular complexity index is 555. The summed E-state index contributed by atoms with van der Waals surface area (Å²) in [4.78, 5) is 0. The fourth-order valence-electron chi connectivity index (χ4n) is 1.81. The van der Waals surface area contributed by atoms with Crippen molar-refractivity contribution in [3.8, 4) is 11.5 Å². The van der Waals surface area contributed by atoms with Crippen LogP contribution in [0.3, 0.4) is 0 Å². The van der Waals surface area contributed by atoms with Crippen LogP contribution in [0.15, 0.2) is 46.9 Å². The van der Waals surface area contributed by atoms with E-state index in [1.165, 1.54) is 0 Å². The van der Waals surface area contributed by atoms with Gasteiger partial charge in [-0.1, -0.05) is 46.3 Å². The molecule has 0 saturated carbocycles. The highest BCUT2D eigenvalue weighted by atomic mass is 79.9. The van der Waals surface area contributed by atoms with Crippen LogP contribution in [0.5, 0.6) is 11.5 Å². The molecule has 0 atom stereocenters. The molecule has 3 nitrogen and oxygen atoms in total. The molecule has 2 aromatic carbocycles. The monoisotopic (exact) mass is 336 g/mol. The molecule has 20 heavy (non-hydrogen) atoms. The molecular formula is C16H17BrO3. The van der Waals surface area contributed by atoms with E-state index in [0.29, 0.717) is 24.7 Å². The van der Waals surface area contributed by atoms with Crippen molar-refractivity contribution in [1.29, 1.82) is 0 Å². The zero-order valence-corrected chi connectivity index (χ0v) is 12.9. The molecule has 0 saturated heterocycles. The molecule has 0 amide bonds. The summed E-state index contributed by atoms with van der Waals surface area (Å²) in [5, 5.41) is 9.28. The number of hydrogen-bond acceptors (Lipinski definition) is 3. The molecule has 0 heterocycles. The number of ether oxygens (including phenoxy) is 2. The first-order chi connectivity index (χ1) is 9.74. The minimum atomic E-state index is -0.0420. The van der Waals surface area contributed by atoms with Crippen molar-refractivity contribution < 1.29 is 14.6 Å². The van der Waals surface area contributed by atoms with Crippen LogP contribution in [-0.4, -0.2) is 11.7 Å². The molecule has 2 aromatic rings. The van der Waals surface area contributed by atoms with Crippen LogP contribution in [0.25, 0.3) is 0 Å². The lowest BCUT2D eigenvalue weighted by Crippen LogP contribution is -2.01. The van der Waals surface area contributed by atoms with Crippen LogP contribution in [-0.2, 0) is 13.2 Å². The van der Waals surface area contributed by atoms with Crippen LogP contribution in [0, 0.1) is 0 Å². The Morgan fingerprint density at radius 1 is 1.05 bits per heavy atom. The SMILES string of the molecule is CCOc1cc(CO)c(Br)cc1OCc1ccccc1. The van der Waals surface area contributed by atoms with Crippen molar-refractivity contribution in [2.24, 2.45) is 0 Å². The van der Waals surface area contributed by atoms with E-state index < -0.39 is 0 Å². The van der Waals surface area contributed by atoms with Crippen LogP contribution in [0.2, 0.25) is 0 Å². The van der Waals surface area contributed by atoms with Gasteiger partial charge in [0.15, 0.2) is 11.5 Å². The van der Waals surface area contributed by atoms with Gasteiger partial charge in [0.1, 0.15) is 6.61 Å². The molecular weight excluding hydrogens is 320 g/mol. The van der Waals surface area contributed by atoms with Crippen LogP contribution >= 0.6 is 15.9 Å². The number of aliphatic hydroxyl groups excluding tert-OH is 1. The average molecular weight is 337 g/mol. The van der Waals surface area contributed by atoms with Gasteiger partial charge in [0.2, 0.25) is 0 Å². The van der Waals surface area contributed by atoms with E-state index in [1.54, 1.807) is 6.07 Å². The van der Waals surface area contributed by atoms with Crippen LogP contribution in [0.4, 0.5) is 0 Å². The van der Waals surface area contributed by atoms with E-state index in [1.807, 2.05) is 43.3 Å². The predicted molar refractivity (Wildman–Crippen MR) is 82.0 cm³/mol. The summed E-state index contributed by atoms with van der Waals surface area (Å²) >= 11 is 3.42. The second-order valence-corrected chi connectivity index (χ2v) is 5.11. The number of benzene rings is 2. The van der Waals surface area contributed by atoms with Gasteiger partial charge in [-0.05, 0) is 30.2 Å². The van der Waals surface area contributed by atoms with E-state index in [4.69, 9.17) is 9.47 Å². The van der Waals surface area contributed by atoms with E-state index >= 15 is 0 Å². The molecule has 0 fully saturated rings. The summed E-state index contributed by atoms with van der Waals surface area (Å²) in [6, 6.07) is 13.6. The number of aliphatic hydroxyl groups is 1. The fraction of sp³-hybridized carbons (Fsp3) is 0.250. The van der Waals surface area contributed by atoms with Gasteiger partial charge in [0, 0.05) is 4.47 Å². The number of halogens is 1. The summed E-state index contributed by atoms with van der Waals surface area (Å²) in [6.45, 7) is 2.90. The molecule has 0 bridgehead atoms. The Hall–Kier alpha value is -1.52. The average Bonchev–Trinajstić information content (AvgIpc) is 2.48. The van der Waals surface area contributed by atoms with E-state index in [2.05, 4.69) is 15.9 Å². The van der Waals surface area contributed by atoms with Gasteiger partial charge in [-0.15, -0.1) is 0 Å². The molecule has 1 N–H and O–H groups in total. The maximum absolute atomic E-state index is 9.28. The van der Waals surface area contributed by atoms with Gasteiger partial charge in [0.25, 0.3) is 0 Å². The molecule has 0 aromatic heterocycles. The van der Waals surface area contributed by atoms with Crippen LogP contribution < -0.4 is 9.47 Å². The van der Waals surface area contributed by atoms with Gasteiger partial charge >= 0.3 is 0 Å². The number of hydrogen-bond donors (Lipinski definition) is 1. The normalized spacial score (nSPS) is 10.3. The van der Waals surface area contributed by atoms with Crippen molar-refractivity contribution in [2.45, 2.75) is 20.1 Å². The van der Waals surface area contributed by atoms with Crippen molar-refractivity contribution in [3.63, 3.8) is 0 Å². The standard InChI is InChI=1S/C16H17BrO3/c1-2-19-15-8-13(10-18)14(17)9-16(15)20-11-12-6-4-3-5-7-12/h3-9,18H,2,10-11H2,1H3. The Balaban J connectivity index is 2.19. The maximum atomic E-state index is 9.28. The molecule has 2 rings (SSSR count). The highest BCUT2D eigenvalue weighted by molar-refractivity contribution is 9.10. The zero-order chi connectivity index (χ0) is 14.4. The molecule has 0 spiro atoms. The Morgan fingerprint density at radius 3 is 2.40 bits per heavy atom. The quantitative estimate of drug-likeness (QED) is 0.868. The molecule has 0 aliphatic carbocycles. The first-order valence-corrected chi connectivity index (χ1v) is 7.26. The molecule has 106 valence electrons. The molecule has 0 unspecified atom stereocenters. The molecule has 0 aliphatic heterocycles. The summed E-state index contributed by atoms with van der Waals surface area (Å²) in [5.74, 6) is 1.32. The first-order valence-electron chi connectivity index (χ1n) is 6.47. The zero-order valence-electron chi connectivity index (χ0n) is 11.3. The van der Waals surface area contributed by atoms with Gasteiger partial charge in [0.05, 0.1) is 13.2 Å². The highest BCUT2D eigenvalue weighted by Crippen LogP contribution is 2.34. The lowest BCUT2D eigenvalue weighted by atomic mass is 10.2. The van der Waals surface area contributed by atoms with Gasteiger partial charge in [-0.25, -0.2) is 0 Å². The summed E-state index contributed by atoms with van der Waals surface area (Å²) < 4.78 is 12.2. The Kier molecular flexibility index (Phi) is 5.44. The lowest BCUT2D eigenvalue weighted by molar-refractivity contribution is 0.263. The lowest BCUT2D eigenvalue weighted by Gasteiger charge is -2.14. The molecule has 0 aliphatic rings. The van der Waals surface area contributed by atoms with E-state index in [0.717, 1.165) is 15.6 Å². The van der Waals surface area contributed by atoms with Crippen LogP contribution in [0.1, 0.15) is 18.1 Å². The van der Waals surface area contributed by atoms with Gasteiger partial charge in [-0.3, -0.25) is 0 Å². The van der Waals surface area contributed by atoms with Gasteiger partial charge in [-0.2, -0.15) is 0 Å². The third-order valence-corrected chi connectivity index (χ3v) is 3.56. The molecule has 0 radical (unpaired) electrons. The maximum Gasteiger partial charge on any atom is 0.162 e. The second kappa shape index (κ2) is 7.31. The summed E-state index contributed by atoms with van der Waals surface area (Å²) in [5.41, 5.74) is 1.87. The van der Waals surface area contributed by atoms with E-state index in [9.17, 15) is 5.11 Å². The molecule has 4 heteroatoms. The Labute approximate surface area is 127 Å². The highest BCUT2D eigenvalue weighted by Gasteiger charge is 2.10. The fourth-order valence-corrected chi connectivity index (χ4v) is 2.26. The topological polar surface area (TPSA) is 38.7 Å². The predicted octanol–water partition coefficient (Wildman–Crippen LogP) is 3.92. The third kappa shape index (κ3) is 3.74. The second-order valence-electron chi connectivity index (χ2n) is 4.26. The largest absolute Gasteiger partial charge is 0.490 e. The van der Waals surface area contributed by atoms with Crippen molar-refractivity contribution >= 4 is 15.9 Å². The van der Waals surface area contributed by atoms with Crippen molar-refractivity contribution in [2.75, 3.05) is 6.61 Å². The smallest absolute Gasteiger partial charge is 0.162 e. The Morgan fingerprint density at radius 2 is 1.75 bits per heavy atom. The summed E-state index contributed by atoms with van der Waals surface area (Å²) in [6.07, 6.45) is 0. The minimum Gasteiger partial charge on any atom is -0.490 e. The third-order valence-electron chi connectivity index (χ3n) is 2.82. The number of rotatable bonds is 6. The van der Waals surface area contributed by atoms with Gasteiger partial charge < -0.3 is 14.6 Å². The van der Waals surface area contributed by atoms with E-state index in [-0.39, 0.29) is 6.61 Å². The minimum absolute atomic E-state index is 0.0420. The van der Waals surface area contributed by atoms with Crippen molar-refractivity contribution in [1.82, 2.24) is 0 Å². The summed E-state index contributed by atoms with van der Waals surface area (Å²) in [7, 11) is 0. The first kappa shape index (κ1) is 14.9. The van der Waals surface area contributed by atoms with Crippen molar-refractivity contribution in [3.05, 3.63) is 58.1 Å².